The molecule has 1 unspecified atom stereocenters. The van der Waals surface area contributed by atoms with Crippen molar-refractivity contribution in [1.82, 2.24) is 10.6 Å². The van der Waals surface area contributed by atoms with Crippen molar-refractivity contribution in [1.29, 1.82) is 0 Å². The predicted octanol–water partition coefficient (Wildman–Crippen LogP) is 1.04. The number of hydrogen-bond acceptors (Lipinski definition) is 4. The van der Waals surface area contributed by atoms with Gasteiger partial charge in [0.1, 0.15) is 6.17 Å². The van der Waals surface area contributed by atoms with Crippen LogP contribution in [-0.4, -0.2) is 25.1 Å². The molecule has 1 aliphatic rings. The lowest BCUT2D eigenvalue weighted by molar-refractivity contribution is 0.668. The third kappa shape index (κ3) is 2.47. The lowest BCUT2D eigenvalue weighted by Crippen LogP contribution is -2.51. The molecule has 80 valence electrons. The molecule has 2 heterocycles. The van der Waals surface area contributed by atoms with E-state index < -0.39 is 0 Å². The zero-order valence-corrected chi connectivity index (χ0v) is 9.43. The van der Waals surface area contributed by atoms with E-state index in [4.69, 9.17) is 0 Å². The average Bonchev–Trinajstić information content (AvgIpc) is 2.69. The summed E-state index contributed by atoms with van der Waals surface area (Å²) >= 11 is 1.63. The van der Waals surface area contributed by atoms with E-state index in [1.807, 2.05) is 24.4 Å². The number of aliphatic imine (C=N–C) groups is 2. The lowest BCUT2D eigenvalue weighted by Gasteiger charge is -2.22. The molecule has 2 rings (SSSR count). The van der Waals surface area contributed by atoms with E-state index in [9.17, 15) is 0 Å². The van der Waals surface area contributed by atoms with Crippen LogP contribution in [0.5, 0.6) is 0 Å². The van der Waals surface area contributed by atoms with Crippen molar-refractivity contribution in [3.63, 3.8) is 0 Å². The van der Waals surface area contributed by atoms with Gasteiger partial charge in [0, 0.05) is 7.05 Å². The monoisotopic (exact) mass is 223 g/mol. The molecule has 0 saturated carbocycles. The van der Waals surface area contributed by atoms with Gasteiger partial charge in [0.2, 0.25) is 5.96 Å². The van der Waals surface area contributed by atoms with Gasteiger partial charge in [0.05, 0.1) is 5.00 Å². The Labute approximate surface area is 92.3 Å². The molecule has 0 spiro atoms. The van der Waals surface area contributed by atoms with Crippen molar-refractivity contribution in [3.05, 3.63) is 17.5 Å². The first-order valence-electron chi connectivity index (χ1n) is 4.66. The SMILES string of the molecule is CN=C1NC(Nc2cccs2)=NC(C)N1. The smallest absolute Gasteiger partial charge is 0.205 e. The van der Waals surface area contributed by atoms with E-state index in [1.165, 1.54) is 0 Å². The van der Waals surface area contributed by atoms with E-state index >= 15 is 0 Å². The van der Waals surface area contributed by atoms with Crippen LogP contribution in [0.15, 0.2) is 27.5 Å². The molecule has 6 heteroatoms. The van der Waals surface area contributed by atoms with Crippen molar-refractivity contribution in [2.45, 2.75) is 13.1 Å². The molecule has 5 nitrogen and oxygen atoms in total. The van der Waals surface area contributed by atoms with Gasteiger partial charge in [-0.25, -0.2) is 4.99 Å². The van der Waals surface area contributed by atoms with Crippen LogP contribution in [0.25, 0.3) is 0 Å². The first kappa shape index (κ1) is 9.97. The highest BCUT2D eigenvalue weighted by atomic mass is 32.1. The highest BCUT2D eigenvalue weighted by Gasteiger charge is 2.13. The molecule has 15 heavy (non-hydrogen) atoms. The Morgan fingerprint density at radius 2 is 2.47 bits per heavy atom. The van der Waals surface area contributed by atoms with E-state index in [-0.39, 0.29) is 6.17 Å². The number of hydrogen-bond donors (Lipinski definition) is 3. The second-order valence-corrected chi connectivity index (χ2v) is 4.05. The third-order valence-electron chi connectivity index (χ3n) is 1.89. The third-order valence-corrected chi connectivity index (χ3v) is 2.68. The predicted molar refractivity (Wildman–Crippen MR) is 64.5 cm³/mol. The molecule has 1 aliphatic heterocycles. The Morgan fingerprint density at radius 1 is 1.60 bits per heavy atom. The Morgan fingerprint density at radius 3 is 3.13 bits per heavy atom. The highest BCUT2D eigenvalue weighted by molar-refractivity contribution is 7.14. The van der Waals surface area contributed by atoms with Crippen molar-refractivity contribution in [2.24, 2.45) is 9.98 Å². The van der Waals surface area contributed by atoms with Gasteiger partial charge >= 0.3 is 0 Å². The van der Waals surface area contributed by atoms with Gasteiger partial charge in [-0.15, -0.1) is 11.3 Å². The van der Waals surface area contributed by atoms with E-state index in [1.54, 1.807) is 18.4 Å². The molecule has 0 aliphatic carbocycles. The van der Waals surface area contributed by atoms with Crippen molar-refractivity contribution >= 4 is 28.3 Å². The molecule has 0 radical (unpaired) electrons. The second-order valence-electron chi connectivity index (χ2n) is 3.10. The summed E-state index contributed by atoms with van der Waals surface area (Å²) < 4.78 is 0. The van der Waals surface area contributed by atoms with Crippen LogP contribution >= 0.6 is 11.3 Å². The maximum Gasteiger partial charge on any atom is 0.205 e. The summed E-state index contributed by atoms with van der Waals surface area (Å²) in [6.45, 7) is 1.97. The van der Waals surface area contributed by atoms with Gasteiger partial charge in [-0.3, -0.25) is 10.3 Å². The summed E-state index contributed by atoms with van der Waals surface area (Å²) in [6.07, 6.45) is 0.0346. The van der Waals surface area contributed by atoms with E-state index in [2.05, 4.69) is 25.9 Å². The molecular weight excluding hydrogens is 210 g/mol. The molecule has 1 aromatic heterocycles. The van der Waals surface area contributed by atoms with Crippen LogP contribution in [0, 0.1) is 0 Å². The van der Waals surface area contributed by atoms with Gasteiger partial charge in [0.15, 0.2) is 5.96 Å². The van der Waals surface area contributed by atoms with E-state index in [0.29, 0.717) is 0 Å². The largest absolute Gasteiger partial charge is 0.334 e. The van der Waals surface area contributed by atoms with Gasteiger partial charge in [-0.05, 0) is 24.4 Å². The zero-order chi connectivity index (χ0) is 10.7. The average molecular weight is 223 g/mol. The van der Waals surface area contributed by atoms with Crippen LogP contribution in [0.3, 0.4) is 0 Å². The van der Waals surface area contributed by atoms with Gasteiger partial charge in [-0.1, -0.05) is 0 Å². The summed E-state index contributed by atoms with van der Waals surface area (Å²) in [5.74, 6) is 1.46. The van der Waals surface area contributed by atoms with Crippen LogP contribution in [-0.2, 0) is 0 Å². The maximum absolute atomic E-state index is 4.36. The maximum atomic E-state index is 4.36. The Bertz CT molecular complexity index is 381. The number of rotatable bonds is 1. The molecule has 0 saturated heterocycles. The molecule has 1 atom stereocenters. The molecular formula is C9H13N5S. The minimum absolute atomic E-state index is 0.0346. The molecule has 0 amide bonds. The minimum atomic E-state index is 0.0346. The summed E-state index contributed by atoms with van der Waals surface area (Å²) in [4.78, 5) is 8.42. The molecule has 0 bridgehead atoms. The summed E-state index contributed by atoms with van der Waals surface area (Å²) in [5.41, 5.74) is 0. The van der Waals surface area contributed by atoms with Crippen LogP contribution < -0.4 is 16.0 Å². The van der Waals surface area contributed by atoms with Gasteiger partial charge in [0.25, 0.3) is 0 Å². The fourth-order valence-corrected chi connectivity index (χ4v) is 1.87. The first-order valence-corrected chi connectivity index (χ1v) is 5.54. The van der Waals surface area contributed by atoms with Gasteiger partial charge in [-0.2, -0.15) is 0 Å². The summed E-state index contributed by atoms with van der Waals surface area (Å²) in [5, 5.41) is 12.4. The Kier molecular flexibility index (Phi) is 2.86. The van der Waals surface area contributed by atoms with Crippen molar-refractivity contribution in [2.75, 3.05) is 12.4 Å². The number of thiophene rings is 1. The zero-order valence-electron chi connectivity index (χ0n) is 8.61. The Balaban J connectivity index is 2.09. The fourth-order valence-electron chi connectivity index (χ4n) is 1.25. The van der Waals surface area contributed by atoms with Crippen molar-refractivity contribution < 1.29 is 0 Å². The fraction of sp³-hybridized carbons (Fsp3) is 0.333. The standard InChI is InChI=1S/C9H13N5S/c1-6-11-8(10-2)14-9(12-6)13-7-4-3-5-15-7/h3-6H,1-2H3,(H3,10,11,12,13,14). The van der Waals surface area contributed by atoms with Crippen LogP contribution in [0.4, 0.5) is 5.00 Å². The second kappa shape index (κ2) is 4.31. The minimum Gasteiger partial charge on any atom is -0.334 e. The quantitative estimate of drug-likeness (QED) is 0.666. The number of guanidine groups is 2. The Hall–Kier alpha value is -1.56. The first-order chi connectivity index (χ1) is 7.28. The van der Waals surface area contributed by atoms with Crippen molar-refractivity contribution in [3.8, 4) is 0 Å². The topological polar surface area (TPSA) is 60.8 Å². The molecule has 0 aromatic carbocycles. The summed E-state index contributed by atoms with van der Waals surface area (Å²) in [6, 6.07) is 4.00. The van der Waals surface area contributed by atoms with Crippen LogP contribution in [0.2, 0.25) is 0 Å². The lowest BCUT2D eigenvalue weighted by atomic mass is 10.5. The number of nitrogens with zero attached hydrogens (tertiary/aromatic N) is 2. The van der Waals surface area contributed by atoms with Crippen LogP contribution in [0.1, 0.15) is 6.92 Å². The molecule has 1 aromatic rings. The molecule has 3 N–H and O–H groups in total. The van der Waals surface area contributed by atoms with Gasteiger partial charge < -0.3 is 10.6 Å². The normalized spacial score (nSPS) is 22.9. The highest BCUT2D eigenvalue weighted by Crippen LogP contribution is 2.14. The summed E-state index contributed by atoms with van der Waals surface area (Å²) in [7, 11) is 1.73. The number of nitrogens with one attached hydrogen (secondary N) is 3. The number of anilines is 1. The molecule has 0 fully saturated rings. The van der Waals surface area contributed by atoms with E-state index in [0.717, 1.165) is 16.9 Å².